The second kappa shape index (κ2) is 6.20. The van der Waals surface area contributed by atoms with Gasteiger partial charge in [0.15, 0.2) is 0 Å². The first kappa shape index (κ1) is 15.4. The van der Waals surface area contributed by atoms with Gasteiger partial charge in [0.2, 0.25) is 0 Å². The molecule has 0 spiro atoms. The van der Waals surface area contributed by atoms with Crippen LogP contribution >= 0.6 is 23.8 Å². The molecule has 0 atom stereocenters. The fourth-order valence-electron chi connectivity index (χ4n) is 1.93. The van der Waals surface area contributed by atoms with Gasteiger partial charge in [-0.2, -0.15) is 0 Å². The van der Waals surface area contributed by atoms with Crippen LogP contribution in [0.1, 0.15) is 15.9 Å². The van der Waals surface area contributed by atoms with Crippen molar-refractivity contribution in [3.8, 4) is 0 Å². The summed E-state index contributed by atoms with van der Waals surface area (Å²) in [5.74, 6) is -1.08. The number of carbonyl (C=O) groups excluding carboxylic acids is 1. The first-order chi connectivity index (χ1) is 9.93. The summed E-state index contributed by atoms with van der Waals surface area (Å²) >= 11 is 10.8. The number of anilines is 1. The number of thiocarbonyl (C=S) groups is 1. The number of benzene rings is 2. The average Bonchev–Trinajstić information content (AvgIpc) is 2.48. The summed E-state index contributed by atoms with van der Waals surface area (Å²) in [5, 5.41) is -0.206. The maximum Gasteiger partial charge on any atom is 0.259 e. The molecule has 0 fully saturated rings. The van der Waals surface area contributed by atoms with Crippen LogP contribution in [0, 0.1) is 5.82 Å². The Bertz CT molecular complexity index is 721. The van der Waals surface area contributed by atoms with Crippen LogP contribution in [0.25, 0.3) is 0 Å². The van der Waals surface area contributed by atoms with Crippen LogP contribution in [-0.4, -0.2) is 17.9 Å². The summed E-state index contributed by atoms with van der Waals surface area (Å²) in [6, 6.07) is 11.0. The summed E-state index contributed by atoms with van der Waals surface area (Å²) in [6.45, 7) is 0. The van der Waals surface area contributed by atoms with Crippen molar-refractivity contribution in [2.24, 2.45) is 5.73 Å². The second-order valence-electron chi connectivity index (χ2n) is 4.35. The predicted octanol–water partition coefficient (Wildman–Crippen LogP) is 3.39. The molecule has 0 radical (unpaired) electrons. The molecule has 2 aromatic carbocycles. The molecular weight excluding hydrogens is 311 g/mol. The third-order valence-corrected chi connectivity index (χ3v) is 3.62. The normalized spacial score (nSPS) is 10.2. The molecule has 1 amide bonds. The molecule has 0 unspecified atom stereocenters. The van der Waals surface area contributed by atoms with Crippen LogP contribution in [0.15, 0.2) is 42.5 Å². The largest absolute Gasteiger partial charge is 0.389 e. The number of nitrogens with zero attached hydrogens (tertiary/aromatic N) is 1. The maximum absolute atomic E-state index is 13.5. The number of amides is 1. The summed E-state index contributed by atoms with van der Waals surface area (Å²) in [5.41, 5.74) is 6.84. The highest BCUT2D eigenvalue weighted by atomic mass is 35.5. The molecule has 0 aliphatic rings. The van der Waals surface area contributed by atoms with Crippen molar-refractivity contribution in [3.05, 3.63) is 64.4 Å². The molecule has 0 bridgehead atoms. The van der Waals surface area contributed by atoms with Gasteiger partial charge in [-0.05, 0) is 24.3 Å². The Morgan fingerprint density at radius 1 is 1.19 bits per heavy atom. The van der Waals surface area contributed by atoms with E-state index in [9.17, 15) is 9.18 Å². The van der Waals surface area contributed by atoms with Crippen molar-refractivity contribution in [2.45, 2.75) is 0 Å². The van der Waals surface area contributed by atoms with E-state index in [-0.39, 0.29) is 15.6 Å². The zero-order valence-electron chi connectivity index (χ0n) is 11.1. The number of hydrogen-bond donors (Lipinski definition) is 1. The number of nitrogens with two attached hydrogens (primary N) is 1. The fourth-order valence-corrected chi connectivity index (χ4v) is 2.31. The molecule has 0 aliphatic heterocycles. The van der Waals surface area contributed by atoms with Crippen LogP contribution < -0.4 is 10.6 Å². The third-order valence-electron chi connectivity index (χ3n) is 3.02. The lowest BCUT2D eigenvalue weighted by atomic mass is 10.1. The minimum absolute atomic E-state index is 0.0805. The summed E-state index contributed by atoms with van der Waals surface area (Å²) < 4.78 is 13.5. The maximum atomic E-state index is 13.5. The van der Waals surface area contributed by atoms with E-state index < -0.39 is 11.7 Å². The SMILES string of the molecule is CN(C(=O)c1cccc(F)c1Cl)c1ccccc1C(N)=S. The molecule has 0 saturated carbocycles. The minimum atomic E-state index is -0.640. The molecule has 2 aromatic rings. The lowest BCUT2D eigenvalue weighted by Crippen LogP contribution is -2.29. The lowest BCUT2D eigenvalue weighted by Gasteiger charge is -2.21. The molecule has 2 N–H and O–H groups in total. The second-order valence-corrected chi connectivity index (χ2v) is 5.16. The molecule has 6 heteroatoms. The summed E-state index contributed by atoms with van der Waals surface area (Å²) in [4.78, 5) is 14.0. The summed E-state index contributed by atoms with van der Waals surface area (Å²) in [6.07, 6.45) is 0. The topological polar surface area (TPSA) is 46.3 Å². The van der Waals surface area contributed by atoms with Gasteiger partial charge in [-0.1, -0.05) is 42.0 Å². The van der Waals surface area contributed by atoms with E-state index in [0.717, 1.165) is 0 Å². The van der Waals surface area contributed by atoms with E-state index in [0.29, 0.717) is 11.3 Å². The van der Waals surface area contributed by atoms with E-state index in [4.69, 9.17) is 29.6 Å². The zero-order chi connectivity index (χ0) is 15.6. The Morgan fingerprint density at radius 2 is 1.81 bits per heavy atom. The predicted molar refractivity (Wildman–Crippen MR) is 86.5 cm³/mol. The van der Waals surface area contributed by atoms with Gasteiger partial charge in [-0.15, -0.1) is 0 Å². The fraction of sp³-hybridized carbons (Fsp3) is 0.0667. The number of para-hydroxylation sites is 1. The van der Waals surface area contributed by atoms with E-state index in [1.165, 1.54) is 23.1 Å². The molecule has 0 heterocycles. The van der Waals surface area contributed by atoms with Gasteiger partial charge < -0.3 is 10.6 Å². The Kier molecular flexibility index (Phi) is 4.55. The molecule has 0 saturated heterocycles. The number of halogens is 2. The van der Waals surface area contributed by atoms with Crippen molar-refractivity contribution in [3.63, 3.8) is 0 Å². The van der Waals surface area contributed by atoms with Crippen LogP contribution in [0.2, 0.25) is 5.02 Å². The van der Waals surface area contributed by atoms with E-state index in [2.05, 4.69) is 0 Å². The highest BCUT2D eigenvalue weighted by molar-refractivity contribution is 7.80. The first-order valence-electron chi connectivity index (χ1n) is 6.04. The number of carbonyl (C=O) groups is 1. The zero-order valence-corrected chi connectivity index (χ0v) is 12.7. The van der Waals surface area contributed by atoms with Crippen LogP contribution in [0.5, 0.6) is 0 Å². The van der Waals surface area contributed by atoms with Gasteiger partial charge in [-0.25, -0.2) is 4.39 Å². The molecule has 2 rings (SSSR count). The van der Waals surface area contributed by atoms with E-state index >= 15 is 0 Å². The van der Waals surface area contributed by atoms with Crippen LogP contribution in [0.3, 0.4) is 0 Å². The Hall–Kier alpha value is -1.98. The molecule has 0 aromatic heterocycles. The van der Waals surface area contributed by atoms with Crippen molar-refractivity contribution >= 4 is 40.4 Å². The first-order valence-corrected chi connectivity index (χ1v) is 6.83. The molecule has 108 valence electrons. The molecule has 0 aliphatic carbocycles. The van der Waals surface area contributed by atoms with E-state index in [1.54, 1.807) is 31.3 Å². The van der Waals surface area contributed by atoms with Crippen molar-refractivity contribution in [2.75, 3.05) is 11.9 Å². The van der Waals surface area contributed by atoms with Crippen molar-refractivity contribution < 1.29 is 9.18 Å². The monoisotopic (exact) mass is 322 g/mol. The van der Waals surface area contributed by atoms with Gasteiger partial charge in [0.1, 0.15) is 10.8 Å². The van der Waals surface area contributed by atoms with Crippen molar-refractivity contribution in [1.29, 1.82) is 0 Å². The highest BCUT2D eigenvalue weighted by Gasteiger charge is 2.20. The van der Waals surface area contributed by atoms with Gasteiger partial charge in [0.05, 0.1) is 16.3 Å². The molecule has 3 nitrogen and oxygen atoms in total. The lowest BCUT2D eigenvalue weighted by molar-refractivity contribution is 0.0992. The van der Waals surface area contributed by atoms with E-state index in [1.807, 2.05) is 0 Å². The Balaban J connectivity index is 2.45. The smallest absolute Gasteiger partial charge is 0.259 e. The number of rotatable bonds is 3. The standard InChI is InChI=1S/C15H12ClFN2OS/c1-19(12-8-3-2-5-9(12)14(18)21)15(20)10-6-4-7-11(17)13(10)16/h2-8H,1H3,(H2,18,21). The molecular formula is C15H12ClFN2OS. The van der Waals surface area contributed by atoms with Crippen molar-refractivity contribution in [1.82, 2.24) is 0 Å². The third kappa shape index (κ3) is 3.04. The van der Waals surface area contributed by atoms with Gasteiger partial charge in [0, 0.05) is 12.6 Å². The highest BCUT2D eigenvalue weighted by Crippen LogP contribution is 2.25. The van der Waals surface area contributed by atoms with Crippen LogP contribution in [0.4, 0.5) is 10.1 Å². The quantitative estimate of drug-likeness (QED) is 0.881. The number of hydrogen-bond acceptors (Lipinski definition) is 2. The van der Waals surface area contributed by atoms with Gasteiger partial charge in [0.25, 0.3) is 5.91 Å². The Morgan fingerprint density at radius 3 is 2.48 bits per heavy atom. The van der Waals surface area contributed by atoms with Gasteiger partial charge in [-0.3, -0.25) is 4.79 Å². The summed E-state index contributed by atoms with van der Waals surface area (Å²) in [7, 11) is 1.56. The van der Waals surface area contributed by atoms with Crippen LogP contribution in [-0.2, 0) is 0 Å². The van der Waals surface area contributed by atoms with Gasteiger partial charge >= 0.3 is 0 Å². The minimum Gasteiger partial charge on any atom is -0.389 e. The Labute approximate surface area is 132 Å². The average molecular weight is 323 g/mol. The molecule has 21 heavy (non-hydrogen) atoms.